The zero-order valence-corrected chi connectivity index (χ0v) is 20.0. The quantitative estimate of drug-likeness (QED) is 0.360. The second-order valence-electron chi connectivity index (χ2n) is 8.73. The number of para-hydroxylation sites is 1. The maximum atomic E-state index is 12.3. The number of piperazine rings is 1. The van der Waals surface area contributed by atoms with Crippen LogP contribution in [0.25, 0.3) is 21.8 Å². The Morgan fingerprint density at radius 3 is 2.71 bits per heavy atom. The molecular weight excluding hydrogens is 450 g/mol. The van der Waals surface area contributed by atoms with E-state index in [2.05, 4.69) is 37.2 Å². The van der Waals surface area contributed by atoms with Crippen molar-refractivity contribution >= 4 is 44.2 Å². The van der Waals surface area contributed by atoms with Crippen molar-refractivity contribution in [2.45, 2.75) is 13.0 Å². The first kappa shape index (κ1) is 22.8. The molecule has 1 aliphatic heterocycles. The van der Waals surface area contributed by atoms with Gasteiger partial charge in [0.15, 0.2) is 5.13 Å². The van der Waals surface area contributed by atoms with Gasteiger partial charge in [-0.3, -0.25) is 14.6 Å². The van der Waals surface area contributed by atoms with Gasteiger partial charge in [-0.05, 0) is 25.1 Å². The molecule has 1 saturated heterocycles. The normalized spacial score (nSPS) is 16.2. The van der Waals surface area contributed by atoms with Gasteiger partial charge in [-0.15, -0.1) is 11.3 Å². The number of anilines is 1. The van der Waals surface area contributed by atoms with E-state index in [4.69, 9.17) is 4.74 Å². The molecule has 2 aromatic carbocycles. The van der Waals surface area contributed by atoms with Gasteiger partial charge in [0.1, 0.15) is 18.5 Å². The van der Waals surface area contributed by atoms with E-state index in [-0.39, 0.29) is 12.5 Å². The average Bonchev–Trinajstić information content (AvgIpc) is 3.42. The van der Waals surface area contributed by atoms with Crippen LogP contribution < -0.4 is 10.1 Å². The van der Waals surface area contributed by atoms with Gasteiger partial charge < -0.3 is 20.1 Å². The fraction of sp³-hybridized carbons (Fsp3) is 0.360. The van der Waals surface area contributed by atoms with Crippen LogP contribution in [0, 0.1) is 6.92 Å². The number of amides is 1. The number of carbonyl (C=O) groups is 1. The number of hydrogen-bond acceptors (Lipinski definition) is 7. The predicted molar refractivity (Wildman–Crippen MR) is 136 cm³/mol. The SMILES string of the molecule is Cc1csc(NC(=O)CN2CCN(CC(O)COc3cccc4[nH]c5ccccc5c34)CC2)n1. The monoisotopic (exact) mass is 479 g/mol. The smallest absolute Gasteiger partial charge is 0.240 e. The number of rotatable bonds is 8. The second kappa shape index (κ2) is 10.1. The number of hydrogen-bond donors (Lipinski definition) is 3. The van der Waals surface area contributed by atoms with Crippen LogP contribution in [0.2, 0.25) is 0 Å². The van der Waals surface area contributed by atoms with E-state index >= 15 is 0 Å². The Bertz CT molecular complexity index is 1280. The van der Waals surface area contributed by atoms with E-state index in [0.29, 0.717) is 18.2 Å². The summed E-state index contributed by atoms with van der Waals surface area (Å²) in [5, 5.41) is 18.2. The third-order valence-electron chi connectivity index (χ3n) is 6.09. The summed E-state index contributed by atoms with van der Waals surface area (Å²) in [7, 11) is 0. The lowest BCUT2D eigenvalue weighted by atomic mass is 10.1. The maximum Gasteiger partial charge on any atom is 0.240 e. The van der Waals surface area contributed by atoms with Crippen LogP contribution in [-0.2, 0) is 4.79 Å². The average molecular weight is 480 g/mol. The largest absolute Gasteiger partial charge is 0.490 e. The molecule has 9 heteroatoms. The first-order chi connectivity index (χ1) is 16.5. The van der Waals surface area contributed by atoms with E-state index < -0.39 is 6.10 Å². The Morgan fingerprint density at radius 2 is 1.91 bits per heavy atom. The number of carbonyl (C=O) groups excluding carboxylic acids is 1. The van der Waals surface area contributed by atoms with Crippen molar-refractivity contribution in [1.29, 1.82) is 0 Å². The van der Waals surface area contributed by atoms with Gasteiger partial charge in [0.05, 0.1) is 17.8 Å². The van der Waals surface area contributed by atoms with Gasteiger partial charge in [0.25, 0.3) is 0 Å². The van der Waals surface area contributed by atoms with Crippen molar-refractivity contribution in [3.05, 3.63) is 53.5 Å². The maximum absolute atomic E-state index is 12.3. The number of aryl methyl sites for hydroxylation is 1. The molecule has 0 radical (unpaired) electrons. The summed E-state index contributed by atoms with van der Waals surface area (Å²) < 4.78 is 6.06. The molecule has 1 atom stereocenters. The van der Waals surface area contributed by atoms with Crippen LogP contribution in [0.1, 0.15) is 5.69 Å². The molecule has 5 rings (SSSR count). The van der Waals surface area contributed by atoms with Crippen LogP contribution in [-0.4, -0.2) is 82.8 Å². The number of ether oxygens (including phenoxy) is 1. The van der Waals surface area contributed by atoms with Crippen LogP contribution in [0.5, 0.6) is 5.75 Å². The molecule has 34 heavy (non-hydrogen) atoms. The Kier molecular flexibility index (Phi) is 6.77. The van der Waals surface area contributed by atoms with E-state index in [0.717, 1.165) is 59.4 Å². The molecule has 2 aromatic heterocycles. The molecular formula is C25H29N5O3S. The molecule has 4 aromatic rings. The van der Waals surface area contributed by atoms with Crippen LogP contribution >= 0.6 is 11.3 Å². The zero-order valence-electron chi connectivity index (χ0n) is 19.2. The molecule has 1 amide bonds. The highest BCUT2D eigenvalue weighted by Gasteiger charge is 2.21. The Balaban J connectivity index is 1.09. The number of fused-ring (bicyclic) bond motifs is 3. The molecule has 3 N–H and O–H groups in total. The Morgan fingerprint density at radius 1 is 1.15 bits per heavy atom. The lowest BCUT2D eigenvalue weighted by Crippen LogP contribution is -2.50. The van der Waals surface area contributed by atoms with Crippen molar-refractivity contribution in [1.82, 2.24) is 19.8 Å². The van der Waals surface area contributed by atoms with Gasteiger partial charge >= 0.3 is 0 Å². The Labute approximate surface area is 202 Å². The Hall–Kier alpha value is -2.98. The van der Waals surface area contributed by atoms with Gasteiger partial charge in [-0.25, -0.2) is 4.98 Å². The molecule has 0 spiro atoms. The van der Waals surface area contributed by atoms with Crippen molar-refractivity contribution in [3.63, 3.8) is 0 Å². The van der Waals surface area contributed by atoms with Crippen molar-refractivity contribution < 1.29 is 14.6 Å². The molecule has 8 nitrogen and oxygen atoms in total. The number of aliphatic hydroxyl groups is 1. The van der Waals surface area contributed by atoms with E-state index in [1.165, 1.54) is 11.3 Å². The van der Waals surface area contributed by atoms with Crippen molar-refractivity contribution in [2.75, 3.05) is 51.2 Å². The number of β-amino-alcohol motifs (C(OH)–C–C–N with tert-alkyl or cyclic N) is 1. The second-order valence-corrected chi connectivity index (χ2v) is 9.59. The van der Waals surface area contributed by atoms with Crippen LogP contribution in [0.15, 0.2) is 47.8 Å². The van der Waals surface area contributed by atoms with E-state index in [1.54, 1.807) is 0 Å². The van der Waals surface area contributed by atoms with Gasteiger partial charge in [0.2, 0.25) is 5.91 Å². The molecule has 0 saturated carbocycles. The zero-order chi connectivity index (χ0) is 23.5. The molecule has 1 unspecified atom stereocenters. The van der Waals surface area contributed by atoms with Gasteiger partial charge in [-0.1, -0.05) is 24.3 Å². The minimum atomic E-state index is -0.594. The predicted octanol–water partition coefficient (Wildman–Crippen LogP) is 3.08. The minimum absolute atomic E-state index is 0.0392. The summed E-state index contributed by atoms with van der Waals surface area (Å²) in [4.78, 5) is 24.3. The minimum Gasteiger partial charge on any atom is -0.490 e. The first-order valence-electron chi connectivity index (χ1n) is 11.5. The van der Waals surface area contributed by atoms with Crippen molar-refractivity contribution in [2.24, 2.45) is 0 Å². The summed E-state index contributed by atoms with van der Waals surface area (Å²) in [6.07, 6.45) is -0.594. The number of thiazole rings is 1. The lowest BCUT2D eigenvalue weighted by molar-refractivity contribution is -0.117. The van der Waals surface area contributed by atoms with Crippen LogP contribution in [0.4, 0.5) is 5.13 Å². The fourth-order valence-electron chi connectivity index (χ4n) is 4.43. The van der Waals surface area contributed by atoms with E-state index in [1.807, 2.05) is 42.6 Å². The van der Waals surface area contributed by atoms with E-state index in [9.17, 15) is 9.90 Å². The molecule has 3 heterocycles. The highest BCUT2D eigenvalue weighted by Crippen LogP contribution is 2.33. The van der Waals surface area contributed by atoms with Gasteiger partial charge in [0, 0.05) is 54.4 Å². The molecule has 0 aliphatic carbocycles. The fourth-order valence-corrected chi connectivity index (χ4v) is 5.13. The number of aliphatic hydroxyl groups excluding tert-OH is 1. The summed E-state index contributed by atoms with van der Waals surface area (Å²) in [5.74, 6) is 0.739. The molecule has 178 valence electrons. The number of aromatic amines is 1. The number of nitrogens with zero attached hydrogens (tertiary/aromatic N) is 3. The summed E-state index contributed by atoms with van der Waals surface area (Å²) in [6.45, 7) is 6.22. The third kappa shape index (κ3) is 5.23. The third-order valence-corrected chi connectivity index (χ3v) is 6.97. The number of H-pyrrole nitrogens is 1. The molecule has 1 fully saturated rings. The molecule has 0 bridgehead atoms. The highest BCUT2D eigenvalue weighted by molar-refractivity contribution is 7.13. The number of nitrogens with one attached hydrogen (secondary N) is 2. The summed E-state index contributed by atoms with van der Waals surface area (Å²) in [6, 6.07) is 14.1. The van der Waals surface area contributed by atoms with Crippen LogP contribution in [0.3, 0.4) is 0 Å². The van der Waals surface area contributed by atoms with Gasteiger partial charge in [-0.2, -0.15) is 0 Å². The summed E-state index contributed by atoms with van der Waals surface area (Å²) in [5.41, 5.74) is 3.01. The van der Waals surface area contributed by atoms with Crippen molar-refractivity contribution in [3.8, 4) is 5.75 Å². The summed E-state index contributed by atoms with van der Waals surface area (Å²) >= 11 is 1.44. The highest BCUT2D eigenvalue weighted by atomic mass is 32.1. The number of benzene rings is 2. The number of aromatic nitrogens is 2. The first-order valence-corrected chi connectivity index (χ1v) is 12.4. The standard InChI is InChI=1S/C25H29N5O3S/c1-17-16-34-25(26-17)28-23(32)14-30-11-9-29(10-12-30)13-18(31)15-33-22-8-4-7-21-24(22)19-5-2-3-6-20(19)27-21/h2-8,16,18,27,31H,9-15H2,1H3,(H,26,28,32). The lowest BCUT2D eigenvalue weighted by Gasteiger charge is -2.35. The topological polar surface area (TPSA) is 93.7 Å². The molecule has 1 aliphatic rings.